The topological polar surface area (TPSA) is 43.1 Å². The molecule has 0 bridgehead atoms. The molecule has 0 saturated heterocycles. The first kappa shape index (κ1) is 12.2. The summed E-state index contributed by atoms with van der Waals surface area (Å²) in [6, 6.07) is 12.1. The number of aromatic nitrogens is 4. The Hall–Kier alpha value is -1.88. The normalized spacial score (nSPS) is 11.1. The SMILES string of the molecule is CCSc1nc(-c2ccccc2)n2nc(C)cc2n1. The third kappa shape index (κ3) is 2.33. The summed E-state index contributed by atoms with van der Waals surface area (Å²) in [5, 5.41) is 5.27. The van der Waals surface area contributed by atoms with E-state index in [9.17, 15) is 0 Å². The maximum Gasteiger partial charge on any atom is 0.191 e. The minimum atomic E-state index is 0.800. The molecule has 0 saturated carbocycles. The van der Waals surface area contributed by atoms with Crippen molar-refractivity contribution in [1.29, 1.82) is 0 Å². The zero-order chi connectivity index (χ0) is 13.2. The predicted octanol–water partition coefficient (Wildman–Crippen LogP) is 3.21. The number of aryl methyl sites for hydroxylation is 1. The molecule has 4 nitrogen and oxygen atoms in total. The standard InChI is InChI=1S/C14H14N4S/c1-3-19-14-15-12-9-10(2)17-18(12)13(16-14)11-7-5-4-6-8-11/h4-9H,3H2,1-2H3. The Morgan fingerprint density at radius 1 is 1.16 bits per heavy atom. The molecule has 0 fully saturated rings. The lowest BCUT2D eigenvalue weighted by Crippen LogP contribution is -2.02. The largest absolute Gasteiger partial charge is 0.203 e. The van der Waals surface area contributed by atoms with E-state index >= 15 is 0 Å². The molecule has 96 valence electrons. The van der Waals surface area contributed by atoms with E-state index in [1.54, 1.807) is 11.8 Å². The molecule has 0 aliphatic rings. The summed E-state index contributed by atoms with van der Waals surface area (Å²) in [4.78, 5) is 9.15. The van der Waals surface area contributed by atoms with Gasteiger partial charge in [0.1, 0.15) is 0 Å². The summed E-state index contributed by atoms with van der Waals surface area (Å²) in [5.74, 6) is 1.80. The fraction of sp³-hybridized carbons (Fsp3) is 0.214. The zero-order valence-corrected chi connectivity index (χ0v) is 11.7. The van der Waals surface area contributed by atoms with Crippen molar-refractivity contribution in [2.24, 2.45) is 0 Å². The van der Waals surface area contributed by atoms with Gasteiger partial charge in [-0.2, -0.15) is 9.61 Å². The van der Waals surface area contributed by atoms with Gasteiger partial charge >= 0.3 is 0 Å². The Labute approximate surface area is 115 Å². The molecule has 5 heteroatoms. The predicted molar refractivity (Wildman–Crippen MR) is 77.4 cm³/mol. The highest BCUT2D eigenvalue weighted by Crippen LogP contribution is 2.22. The number of hydrogen-bond donors (Lipinski definition) is 0. The fourth-order valence-electron chi connectivity index (χ4n) is 1.95. The number of rotatable bonds is 3. The zero-order valence-electron chi connectivity index (χ0n) is 10.9. The molecule has 0 spiro atoms. The molecule has 0 atom stereocenters. The molecule has 0 aliphatic heterocycles. The molecular weight excluding hydrogens is 256 g/mol. The van der Waals surface area contributed by atoms with Gasteiger partial charge in [0.2, 0.25) is 0 Å². The number of benzene rings is 1. The van der Waals surface area contributed by atoms with E-state index in [1.807, 2.05) is 47.8 Å². The minimum absolute atomic E-state index is 0.800. The molecule has 1 aromatic carbocycles. The number of thioether (sulfide) groups is 1. The van der Waals surface area contributed by atoms with Gasteiger partial charge in [0.15, 0.2) is 16.6 Å². The van der Waals surface area contributed by atoms with Crippen LogP contribution in [0.2, 0.25) is 0 Å². The van der Waals surface area contributed by atoms with Gasteiger partial charge in [-0.05, 0) is 12.7 Å². The lowest BCUT2D eigenvalue weighted by molar-refractivity contribution is 0.837. The summed E-state index contributed by atoms with van der Waals surface area (Å²) >= 11 is 1.64. The number of fused-ring (bicyclic) bond motifs is 1. The van der Waals surface area contributed by atoms with Crippen LogP contribution in [0.15, 0.2) is 41.6 Å². The van der Waals surface area contributed by atoms with Crippen LogP contribution in [0.5, 0.6) is 0 Å². The molecule has 2 aromatic heterocycles. The average molecular weight is 270 g/mol. The Bertz CT molecular complexity index is 706. The first-order chi connectivity index (χ1) is 9.28. The molecule has 0 N–H and O–H groups in total. The van der Waals surface area contributed by atoms with Crippen LogP contribution >= 0.6 is 11.8 Å². The molecule has 0 aliphatic carbocycles. The van der Waals surface area contributed by atoms with Gasteiger partial charge in [-0.3, -0.25) is 0 Å². The van der Waals surface area contributed by atoms with Gasteiger partial charge in [0, 0.05) is 11.6 Å². The highest BCUT2D eigenvalue weighted by molar-refractivity contribution is 7.99. The highest BCUT2D eigenvalue weighted by Gasteiger charge is 2.11. The smallest absolute Gasteiger partial charge is 0.191 e. The van der Waals surface area contributed by atoms with E-state index < -0.39 is 0 Å². The number of hydrogen-bond acceptors (Lipinski definition) is 4. The average Bonchev–Trinajstić information content (AvgIpc) is 2.79. The quantitative estimate of drug-likeness (QED) is 0.685. The molecule has 19 heavy (non-hydrogen) atoms. The van der Waals surface area contributed by atoms with Crippen molar-refractivity contribution in [3.05, 3.63) is 42.1 Å². The van der Waals surface area contributed by atoms with Crippen molar-refractivity contribution in [2.75, 3.05) is 5.75 Å². The monoisotopic (exact) mass is 270 g/mol. The molecule has 3 aromatic rings. The van der Waals surface area contributed by atoms with Crippen LogP contribution in [-0.4, -0.2) is 25.3 Å². The van der Waals surface area contributed by atoms with Crippen molar-refractivity contribution in [2.45, 2.75) is 19.0 Å². The van der Waals surface area contributed by atoms with Gasteiger partial charge in [-0.15, -0.1) is 0 Å². The van der Waals surface area contributed by atoms with E-state index in [-0.39, 0.29) is 0 Å². The van der Waals surface area contributed by atoms with Gasteiger partial charge in [-0.1, -0.05) is 49.0 Å². The van der Waals surface area contributed by atoms with E-state index in [0.29, 0.717) is 0 Å². The molecule has 0 amide bonds. The van der Waals surface area contributed by atoms with Crippen LogP contribution in [-0.2, 0) is 0 Å². The van der Waals surface area contributed by atoms with E-state index in [0.717, 1.165) is 33.6 Å². The van der Waals surface area contributed by atoms with Crippen LogP contribution in [0.3, 0.4) is 0 Å². The van der Waals surface area contributed by atoms with Crippen molar-refractivity contribution >= 4 is 17.4 Å². The van der Waals surface area contributed by atoms with Crippen molar-refractivity contribution < 1.29 is 0 Å². The van der Waals surface area contributed by atoms with Crippen LogP contribution in [0, 0.1) is 6.92 Å². The Morgan fingerprint density at radius 3 is 2.68 bits per heavy atom. The second-order valence-corrected chi connectivity index (χ2v) is 5.42. The van der Waals surface area contributed by atoms with E-state index in [2.05, 4.69) is 22.0 Å². The molecule has 0 radical (unpaired) electrons. The van der Waals surface area contributed by atoms with Gasteiger partial charge in [-0.25, -0.2) is 9.97 Å². The summed E-state index contributed by atoms with van der Waals surface area (Å²) in [7, 11) is 0. The first-order valence-corrected chi connectivity index (χ1v) is 7.19. The third-order valence-electron chi connectivity index (χ3n) is 2.73. The summed E-state index contributed by atoms with van der Waals surface area (Å²) in [5.41, 5.74) is 2.85. The van der Waals surface area contributed by atoms with E-state index in [4.69, 9.17) is 0 Å². The Kier molecular flexibility index (Phi) is 3.21. The fourth-order valence-corrected chi connectivity index (χ4v) is 2.52. The maximum atomic E-state index is 4.63. The Morgan fingerprint density at radius 2 is 1.95 bits per heavy atom. The van der Waals surface area contributed by atoms with Crippen molar-refractivity contribution in [3.63, 3.8) is 0 Å². The minimum Gasteiger partial charge on any atom is -0.203 e. The van der Waals surface area contributed by atoms with Gasteiger partial charge < -0.3 is 0 Å². The summed E-state index contributed by atoms with van der Waals surface area (Å²) in [6.07, 6.45) is 0. The van der Waals surface area contributed by atoms with Crippen LogP contribution in [0.25, 0.3) is 17.0 Å². The highest BCUT2D eigenvalue weighted by atomic mass is 32.2. The third-order valence-corrected chi connectivity index (χ3v) is 3.46. The lowest BCUT2D eigenvalue weighted by atomic mass is 10.2. The molecule has 0 unspecified atom stereocenters. The van der Waals surface area contributed by atoms with Crippen LogP contribution in [0.1, 0.15) is 12.6 Å². The Balaban J connectivity index is 2.26. The van der Waals surface area contributed by atoms with Gasteiger partial charge in [0.25, 0.3) is 0 Å². The summed E-state index contributed by atoms with van der Waals surface area (Å²) in [6.45, 7) is 4.07. The van der Waals surface area contributed by atoms with E-state index in [1.165, 1.54) is 0 Å². The van der Waals surface area contributed by atoms with Crippen LogP contribution < -0.4 is 0 Å². The molecule has 2 heterocycles. The second-order valence-electron chi connectivity index (χ2n) is 4.18. The summed E-state index contributed by atoms with van der Waals surface area (Å²) < 4.78 is 1.81. The number of nitrogens with zero attached hydrogens (tertiary/aromatic N) is 4. The van der Waals surface area contributed by atoms with Crippen LogP contribution in [0.4, 0.5) is 0 Å². The van der Waals surface area contributed by atoms with Crippen molar-refractivity contribution in [1.82, 2.24) is 19.6 Å². The maximum absolute atomic E-state index is 4.63. The van der Waals surface area contributed by atoms with Gasteiger partial charge in [0.05, 0.1) is 5.69 Å². The molecule has 3 rings (SSSR count). The first-order valence-electron chi connectivity index (χ1n) is 6.20. The lowest BCUT2D eigenvalue weighted by Gasteiger charge is -2.06. The molecular formula is C14H14N4S. The second kappa shape index (κ2) is 5.01. The van der Waals surface area contributed by atoms with Crippen molar-refractivity contribution in [3.8, 4) is 11.4 Å².